The van der Waals surface area contributed by atoms with E-state index in [0.29, 0.717) is 48.0 Å². The van der Waals surface area contributed by atoms with Crippen molar-refractivity contribution < 1.29 is 9.53 Å². The lowest BCUT2D eigenvalue weighted by Gasteiger charge is -2.21. The number of ether oxygens (including phenoxy) is 1. The highest BCUT2D eigenvalue weighted by molar-refractivity contribution is 8.14. The van der Waals surface area contributed by atoms with Crippen LogP contribution in [0.25, 0.3) is 0 Å². The van der Waals surface area contributed by atoms with Crippen molar-refractivity contribution in [2.24, 2.45) is 15.0 Å². The largest absolute Gasteiger partial charge is 0.370 e. The number of thioether (sulfide) groups is 1. The minimum absolute atomic E-state index is 0.343. The number of rotatable bonds is 5. The predicted molar refractivity (Wildman–Crippen MR) is 117 cm³/mol. The lowest BCUT2D eigenvalue weighted by atomic mass is 9.98. The fourth-order valence-electron chi connectivity index (χ4n) is 3.21. The average Bonchev–Trinajstić information content (AvgIpc) is 2.90. The van der Waals surface area contributed by atoms with Gasteiger partial charge in [-0.15, -0.1) is 0 Å². The summed E-state index contributed by atoms with van der Waals surface area (Å²) in [4.78, 5) is 24.0. The van der Waals surface area contributed by atoms with Crippen molar-refractivity contribution in [2.75, 3.05) is 12.4 Å². The van der Waals surface area contributed by atoms with E-state index in [-0.39, 0.29) is 0 Å². The number of carbonyl (C=O) groups is 1. The Hall–Kier alpha value is -2.25. The molecule has 0 aromatic heterocycles. The molecule has 0 unspecified atom stereocenters. The molecule has 0 aromatic rings. The summed E-state index contributed by atoms with van der Waals surface area (Å²) < 4.78 is 5.99. The molecular formula is C21H26N4O2S. The van der Waals surface area contributed by atoms with E-state index in [9.17, 15) is 4.79 Å². The molecule has 0 spiro atoms. The third-order valence-corrected chi connectivity index (χ3v) is 5.51. The van der Waals surface area contributed by atoms with Gasteiger partial charge in [0.05, 0.1) is 11.8 Å². The molecule has 0 saturated heterocycles. The lowest BCUT2D eigenvalue weighted by Crippen LogP contribution is -2.20. The molecule has 0 bridgehead atoms. The molecule has 3 rings (SSSR count). The first-order chi connectivity index (χ1) is 13.7. The summed E-state index contributed by atoms with van der Waals surface area (Å²) in [6.45, 7) is 4.37. The first-order valence-corrected chi connectivity index (χ1v) is 10.6. The molecule has 0 radical (unpaired) electrons. The van der Waals surface area contributed by atoms with Gasteiger partial charge in [0.2, 0.25) is 6.41 Å². The zero-order chi connectivity index (χ0) is 19.6. The first-order valence-electron chi connectivity index (χ1n) is 9.63. The van der Waals surface area contributed by atoms with E-state index in [1.807, 2.05) is 24.6 Å². The Bertz CT molecular complexity index is 771. The van der Waals surface area contributed by atoms with E-state index in [2.05, 4.69) is 32.9 Å². The van der Waals surface area contributed by atoms with Crippen LogP contribution in [0.3, 0.4) is 0 Å². The number of amidine groups is 2. The van der Waals surface area contributed by atoms with E-state index in [0.717, 1.165) is 24.0 Å². The highest BCUT2D eigenvalue weighted by Gasteiger charge is 2.15. The van der Waals surface area contributed by atoms with E-state index in [1.54, 1.807) is 0 Å². The van der Waals surface area contributed by atoms with E-state index in [1.165, 1.54) is 31.0 Å². The van der Waals surface area contributed by atoms with Gasteiger partial charge in [-0.1, -0.05) is 49.8 Å². The van der Waals surface area contributed by atoms with Crippen molar-refractivity contribution in [1.29, 1.82) is 0 Å². The summed E-state index contributed by atoms with van der Waals surface area (Å²) in [6, 6.07) is 0. The molecule has 0 aromatic carbocycles. The van der Waals surface area contributed by atoms with Gasteiger partial charge in [-0.3, -0.25) is 4.79 Å². The molecule has 0 atom stereocenters. The summed E-state index contributed by atoms with van der Waals surface area (Å²) in [7, 11) is 0. The molecule has 1 aliphatic carbocycles. The fourth-order valence-corrected chi connectivity index (χ4v) is 3.94. The smallest absolute Gasteiger partial charge is 0.213 e. The summed E-state index contributed by atoms with van der Waals surface area (Å²) in [5.41, 5.74) is 2.71. The van der Waals surface area contributed by atoms with Gasteiger partial charge >= 0.3 is 0 Å². The molecule has 1 saturated carbocycles. The maximum absolute atomic E-state index is 10.7. The summed E-state index contributed by atoms with van der Waals surface area (Å²) >= 11 is 1.45. The van der Waals surface area contributed by atoms with Crippen molar-refractivity contribution >= 4 is 35.4 Å². The van der Waals surface area contributed by atoms with Gasteiger partial charge in [-0.25, -0.2) is 15.0 Å². The molecule has 7 heteroatoms. The first kappa shape index (κ1) is 20.5. The quantitative estimate of drug-likeness (QED) is 0.713. The van der Waals surface area contributed by atoms with Crippen molar-refractivity contribution in [3.8, 4) is 0 Å². The molecule has 2 heterocycles. The SMILES string of the molecule is C=C1/C=C\C(C2=CN=C(COC3CCCCC3)N=CC2)=C/CSC(NC=O)=N1. The molecule has 1 N–H and O–H groups in total. The number of nitrogens with one attached hydrogen (secondary N) is 1. The van der Waals surface area contributed by atoms with Crippen LogP contribution < -0.4 is 5.32 Å². The van der Waals surface area contributed by atoms with Gasteiger partial charge in [-0.2, -0.15) is 0 Å². The Balaban J connectivity index is 1.65. The molecule has 28 heavy (non-hydrogen) atoms. The maximum atomic E-state index is 10.7. The Morgan fingerprint density at radius 1 is 1.29 bits per heavy atom. The Morgan fingerprint density at radius 2 is 2.14 bits per heavy atom. The summed E-state index contributed by atoms with van der Waals surface area (Å²) in [5, 5.41) is 3.14. The second kappa shape index (κ2) is 10.9. The highest BCUT2D eigenvalue weighted by Crippen LogP contribution is 2.22. The van der Waals surface area contributed by atoms with Gasteiger partial charge < -0.3 is 10.1 Å². The number of allylic oxidation sites excluding steroid dienone is 4. The van der Waals surface area contributed by atoms with Crippen molar-refractivity contribution in [3.63, 3.8) is 0 Å². The molecular weight excluding hydrogens is 372 g/mol. The van der Waals surface area contributed by atoms with Gasteiger partial charge in [0.1, 0.15) is 6.61 Å². The number of hydrogen-bond donors (Lipinski definition) is 1. The third kappa shape index (κ3) is 6.42. The zero-order valence-corrected chi connectivity index (χ0v) is 16.8. The van der Waals surface area contributed by atoms with Crippen molar-refractivity contribution in [3.05, 3.63) is 47.9 Å². The van der Waals surface area contributed by atoms with Crippen molar-refractivity contribution in [2.45, 2.75) is 44.6 Å². The van der Waals surface area contributed by atoms with E-state index in [4.69, 9.17) is 4.74 Å². The molecule has 2 aliphatic heterocycles. The minimum atomic E-state index is 0.343. The second-order valence-electron chi connectivity index (χ2n) is 6.76. The number of hydrogen-bond acceptors (Lipinski definition) is 6. The molecule has 1 amide bonds. The van der Waals surface area contributed by atoms with E-state index >= 15 is 0 Å². The number of amides is 1. The van der Waals surface area contributed by atoms with Gasteiger partial charge in [0, 0.05) is 24.6 Å². The standard InChI is InChI=1S/C21H26N4O2S/c1-16-7-8-17(10-12-28-21(25-16)24-15-26)18-9-11-22-20(23-13-18)14-27-19-5-3-2-4-6-19/h7-8,10-11,13,15,19H,1-6,9,12,14H2,(H,24,25,26)/b8-7-,17-10+. The number of aliphatic imine (C=N–C) groups is 3. The molecule has 3 aliphatic rings. The maximum Gasteiger partial charge on any atom is 0.213 e. The monoisotopic (exact) mass is 398 g/mol. The second-order valence-corrected chi connectivity index (χ2v) is 7.77. The van der Waals surface area contributed by atoms with Crippen LogP contribution in [0, 0.1) is 0 Å². The van der Waals surface area contributed by atoms with Crippen LogP contribution >= 0.6 is 11.8 Å². The summed E-state index contributed by atoms with van der Waals surface area (Å²) in [5.74, 6) is 1.40. The van der Waals surface area contributed by atoms with E-state index < -0.39 is 0 Å². The summed E-state index contributed by atoms with van der Waals surface area (Å²) in [6.07, 6.45) is 17.4. The minimum Gasteiger partial charge on any atom is -0.370 e. The van der Waals surface area contributed by atoms with Crippen LogP contribution in [0.1, 0.15) is 38.5 Å². The van der Waals surface area contributed by atoms with Crippen LogP contribution in [0.2, 0.25) is 0 Å². The Morgan fingerprint density at radius 3 is 2.96 bits per heavy atom. The van der Waals surface area contributed by atoms with Crippen molar-refractivity contribution in [1.82, 2.24) is 5.32 Å². The normalized spacial score (nSPS) is 24.4. The Kier molecular flexibility index (Phi) is 7.99. The zero-order valence-electron chi connectivity index (χ0n) is 16.0. The van der Waals surface area contributed by atoms with Crippen LogP contribution in [-0.2, 0) is 9.53 Å². The van der Waals surface area contributed by atoms with Crippen LogP contribution in [0.5, 0.6) is 0 Å². The molecule has 148 valence electrons. The topological polar surface area (TPSA) is 75.4 Å². The van der Waals surface area contributed by atoms with Gasteiger partial charge in [-0.05, 0) is 30.1 Å². The van der Waals surface area contributed by atoms with Crippen LogP contribution in [0.4, 0.5) is 0 Å². The number of nitrogens with zero attached hydrogens (tertiary/aromatic N) is 3. The highest BCUT2D eigenvalue weighted by atomic mass is 32.2. The molecule has 1 fully saturated rings. The van der Waals surface area contributed by atoms with Gasteiger partial charge in [0.15, 0.2) is 11.0 Å². The Labute approximate surface area is 170 Å². The molecule has 6 nitrogen and oxygen atoms in total. The van der Waals surface area contributed by atoms with Gasteiger partial charge in [0.25, 0.3) is 0 Å². The third-order valence-electron chi connectivity index (χ3n) is 4.70. The number of carbonyl (C=O) groups excluding carboxylic acids is 1. The van der Waals surface area contributed by atoms with Crippen LogP contribution in [-0.4, -0.2) is 42.1 Å². The van der Waals surface area contributed by atoms with Crippen LogP contribution in [0.15, 0.2) is 62.8 Å². The average molecular weight is 399 g/mol. The lowest BCUT2D eigenvalue weighted by molar-refractivity contribution is -0.108. The fraction of sp³-hybridized carbons (Fsp3) is 0.429. The predicted octanol–water partition coefficient (Wildman–Crippen LogP) is 3.94.